The van der Waals surface area contributed by atoms with Crippen LogP contribution < -0.4 is 32.7 Å². The molecule has 61 heavy (non-hydrogen) atoms. The average Bonchev–Trinajstić information content (AvgIpc) is 3.14. The third-order valence-electron chi connectivity index (χ3n) is 10.5. The molecule has 2 atom stereocenters. The molecule has 20 nitrogen and oxygen atoms in total. The van der Waals surface area contributed by atoms with Gasteiger partial charge in [0, 0.05) is 30.7 Å². The standard InChI is InChI=1S/C32H55N5O11.C9H17NO3/c1-20-6-8-21(9-7-20)29(44)37-23(30(45)46)10-12-26(40)36-22(11-13-27(41)42)28(43)32(4,5)34-14-15-47-16-17-48-19-24(38)31(2,3)35-18-25(33)39;1-8(2,6(10)11)5-9(3,4)7(12)13/h20-23,34-35H,6-19H2,1-5H3,(H2,33,39)(H,36,40)(H,37,44)(H,41,42)(H,45,46);5H2,1-4H3,(H2,10,11)(H,12,13). The Labute approximate surface area is 358 Å². The van der Waals surface area contributed by atoms with Crippen molar-refractivity contribution in [3.8, 4) is 0 Å². The first-order valence-corrected chi connectivity index (χ1v) is 20.5. The van der Waals surface area contributed by atoms with E-state index in [1.54, 1.807) is 55.4 Å². The van der Waals surface area contributed by atoms with E-state index in [0.717, 1.165) is 12.8 Å². The van der Waals surface area contributed by atoms with Gasteiger partial charge in [0.05, 0.1) is 48.9 Å². The third-order valence-corrected chi connectivity index (χ3v) is 10.5. The summed E-state index contributed by atoms with van der Waals surface area (Å²) in [6.07, 6.45) is 2.32. The van der Waals surface area contributed by atoms with Crippen molar-refractivity contribution in [1.29, 1.82) is 0 Å². The number of nitrogens with one attached hydrogen (secondary N) is 4. The highest BCUT2D eigenvalue weighted by Crippen LogP contribution is 2.33. The zero-order valence-corrected chi connectivity index (χ0v) is 37.4. The topological polar surface area (TPSA) is 333 Å². The van der Waals surface area contributed by atoms with E-state index >= 15 is 0 Å². The van der Waals surface area contributed by atoms with Gasteiger partial charge in [0.2, 0.25) is 23.6 Å². The minimum atomic E-state index is -1.28. The smallest absolute Gasteiger partial charge is 0.326 e. The van der Waals surface area contributed by atoms with Crippen molar-refractivity contribution in [2.75, 3.05) is 39.5 Å². The van der Waals surface area contributed by atoms with Crippen LogP contribution in [0.25, 0.3) is 0 Å². The molecule has 0 saturated heterocycles. The maximum Gasteiger partial charge on any atom is 0.326 e. The summed E-state index contributed by atoms with van der Waals surface area (Å²) < 4.78 is 10.8. The Bertz CT molecular complexity index is 1500. The van der Waals surface area contributed by atoms with Gasteiger partial charge < -0.3 is 52.2 Å². The number of primary amides is 2. The van der Waals surface area contributed by atoms with E-state index in [1.165, 1.54) is 0 Å². The number of Topliss-reactive ketones (excluding diaryl/α,β-unsaturated/α-hetero) is 2. The summed E-state index contributed by atoms with van der Waals surface area (Å²) in [5.74, 6) is -5.88. The lowest BCUT2D eigenvalue weighted by Gasteiger charge is -2.30. The number of carbonyl (C=O) groups is 9. The largest absolute Gasteiger partial charge is 0.481 e. The maximum absolute atomic E-state index is 13.4. The minimum absolute atomic E-state index is 0.121. The molecule has 0 heterocycles. The van der Waals surface area contributed by atoms with E-state index in [4.69, 9.17) is 26.0 Å². The van der Waals surface area contributed by atoms with Crippen LogP contribution in [0.2, 0.25) is 0 Å². The normalized spacial score (nSPS) is 16.8. The molecule has 0 aromatic heterocycles. The first-order chi connectivity index (χ1) is 27.9. The molecule has 350 valence electrons. The van der Waals surface area contributed by atoms with Crippen LogP contribution in [0.4, 0.5) is 0 Å². The van der Waals surface area contributed by atoms with Gasteiger partial charge in [-0.3, -0.25) is 43.7 Å². The lowest BCUT2D eigenvalue weighted by atomic mass is 9.75. The maximum atomic E-state index is 13.4. The van der Waals surface area contributed by atoms with Gasteiger partial charge in [-0.1, -0.05) is 20.8 Å². The molecule has 1 rings (SSSR count). The summed E-state index contributed by atoms with van der Waals surface area (Å²) in [6, 6.07) is -2.44. The first-order valence-electron chi connectivity index (χ1n) is 20.5. The van der Waals surface area contributed by atoms with Crippen LogP contribution in [0.3, 0.4) is 0 Å². The zero-order valence-electron chi connectivity index (χ0n) is 37.4. The number of rotatable bonds is 29. The number of carboxylic acid groups (broad SMARTS) is 3. The Hall–Kier alpha value is -4.53. The second-order valence-corrected chi connectivity index (χ2v) is 18.0. The molecule has 0 aromatic carbocycles. The molecule has 1 aliphatic carbocycles. The Kier molecular flexibility index (Phi) is 24.1. The van der Waals surface area contributed by atoms with Gasteiger partial charge in [-0.15, -0.1) is 0 Å². The third kappa shape index (κ3) is 22.8. The van der Waals surface area contributed by atoms with Crippen molar-refractivity contribution in [3.05, 3.63) is 0 Å². The molecule has 2 unspecified atom stereocenters. The second kappa shape index (κ2) is 26.1. The van der Waals surface area contributed by atoms with Crippen molar-refractivity contribution in [2.24, 2.45) is 34.1 Å². The molecule has 0 aliphatic heterocycles. The fraction of sp³-hybridized carbons (Fsp3) is 0.780. The molecule has 0 spiro atoms. The van der Waals surface area contributed by atoms with E-state index < -0.39 is 75.4 Å². The fourth-order valence-corrected chi connectivity index (χ4v) is 6.35. The van der Waals surface area contributed by atoms with Gasteiger partial charge >= 0.3 is 17.9 Å². The quantitative estimate of drug-likeness (QED) is 0.0472. The van der Waals surface area contributed by atoms with E-state index in [2.05, 4.69) is 28.2 Å². The van der Waals surface area contributed by atoms with Crippen LogP contribution in [0, 0.1) is 22.7 Å². The average molecular weight is 873 g/mol. The summed E-state index contributed by atoms with van der Waals surface area (Å²) in [7, 11) is 0. The van der Waals surface area contributed by atoms with Crippen molar-refractivity contribution >= 4 is 53.1 Å². The predicted octanol–water partition coefficient (Wildman–Crippen LogP) is 0.904. The molecule has 0 radical (unpaired) electrons. The van der Waals surface area contributed by atoms with Crippen molar-refractivity contribution in [3.63, 3.8) is 0 Å². The number of aliphatic carboxylic acids is 3. The highest BCUT2D eigenvalue weighted by Gasteiger charge is 2.38. The molecule has 0 aromatic rings. The Morgan fingerprint density at radius 2 is 1.25 bits per heavy atom. The number of ether oxygens (including phenoxy) is 2. The number of carboxylic acids is 3. The van der Waals surface area contributed by atoms with Crippen molar-refractivity contribution in [1.82, 2.24) is 21.3 Å². The van der Waals surface area contributed by atoms with Crippen LogP contribution in [0.1, 0.15) is 120 Å². The fourth-order valence-electron chi connectivity index (χ4n) is 6.35. The predicted molar refractivity (Wildman–Crippen MR) is 223 cm³/mol. The van der Waals surface area contributed by atoms with E-state index in [0.29, 0.717) is 18.8 Å². The zero-order chi connectivity index (χ0) is 47.4. The summed E-state index contributed by atoms with van der Waals surface area (Å²) in [5, 5.41) is 38.5. The van der Waals surface area contributed by atoms with E-state index in [-0.39, 0.29) is 89.2 Å². The highest BCUT2D eigenvalue weighted by molar-refractivity contribution is 5.95. The van der Waals surface area contributed by atoms with Crippen LogP contribution in [0.15, 0.2) is 0 Å². The lowest BCUT2D eigenvalue weighted by molar-refractivity contribution is -0.149. The number of hydrogen-bond donors (Lipinski definition) is 9. The molecule has 1 aliphatic rings. The Morgan fingerprint density at radius 3 is 1.75 bits per heavy atom. The Morgan fingerprint density at radius 1 is 0.689 bits per heavy atom. The van der Waals surface area contributed by atoms with Crippen molar-refractivity contribution < 1.29 is 67.9 Å². The van der Waals surface area contributed by atoms with Gasteiger partial charge in [0.15, 0.2) is 11.6 Å². The SMILES string of the molecule is CC(C)(CC(C)(C)C(=O)O)C(N)=O.CC1CCC(C(=O)NC(CCC(=O)NC(CCC(=O)O)C(=O)C(C)(C)NCCOCCOCC(=O)C(C)(C)NCC(N)=O)C(=O)O)CC1. The molecular weight excluding hydrogens is 800 g/mol. The summed E-state index contributed by atoms with van der Waals surface area (Å²) in [4.78, 5) is 107. The van der Waals surface area contributed by atoms with Crippen LogP contribution in [-0.2, 0) is 52.6 Å². The van der Waals surface area contributed by atoms with E-state index in [1.807, 2.05) is 0 Å². The van der Waals surface area contributed by atoms with Gasteiger partial charge in [0.25, 0.3) is 0 Å². The van der Waals surface area contributed by atoms with Gasteiger partial charge in [-0.2, -0.15) is 0 Å². The molecule has 4 amide bonds. The van der Waals surface area contributed by atoms with Crippen LogP contribution in [-0.4, -0.2) is 131 Å². The second-order valence-electron chi connectivity index (χ2n) is 18.0. The molecule has 1 saturated carbocycles. The minimum Gasteiger partial charge on any atom is -0.481 e. The summed E-state index contributed by atoms with van der Waals surface area (Å²) in [6.45, 7) is 15.3. The number of nitrogens with two attached hydrogens (primary N) is 2. The van der Waals surface area contributed by atoms with Gasteiger partial charge in [-0.25, -0.2) is 4.79 Å². The molecule has 20 heteroatoms. The molecule has 1 fully saturated rings. The first kappa shape index (κ1) is 56.5. The lowest BCUT2D eigenvalue weighted by Crippen LogP contribution is -2.56. The van der Waals surface area contributed by atoms with E-state index in [9.17, 15) is 53.4 Å². The number of ketones is 2. The number of amides is 4. The highest BCUT2D eigenvalue weighted by atomic mass is 16.5. The van der Waals surface area contributed by atoms with Crippen molar-refractivity contribution in [2.45, 2.75) is 143 Å². The van der Waals surface area contributed by atoms with Crippen LogP contribution in [0.5, 0.6) is 0 Å². The van der Waals surface area contributed by atoms with Crippen LogP contribution >= 0.6 is 0 Å². The molecule has 0 bridgehead atoms. The Balaban J connectivity index is 0.00000237. The summed E-state index contributed by atoms with van der Waals surface area (Å²) in [5.41, 5.74) is 6.36. The molecular formula is C41H72N6O14. The summed E-state index contributed by atoms with van der Waals surface area (Å²) >= 11 is 0. The van der Waals surface area contributed by atoms with Gasteiger partial charge in [0.1, 0.15) is 12.6 Å². The number of hydrogen-bond acceptors (Lipinski definition) is 13. The van der Waals surface area contributed by atoms with Gasteiger partial charge in [-0.05, 0) is 92.4 Å². The molecule has 11 N–H and O–H groups in total. The number of carbonyl (C=O) groups excluding carboxylic acids is 6. The monoisotopic (exact) mass is 873 g/mol.